The van der Waals surface area contributed by atoms with Crippen LogP contribution in [0.2, 0.25) is 0 Å². The highest BCUT2D eigenvalue weighted by Crippen LogP contribution is 2.33. The molecule has 5 rings (SSSR count). The number of nitrogens with one attached hydrogen (secondary N) is 1. The average molecular weight is 477 g/mol. The highest BCUT2D eigenvalue weighted by atomic mass is 32.2. The standard InChI is InChI=1S/C27H28N2O4S/c1-27(30,28-18-22-10-7-17-33-22)21-13-15-23(16-14-21)34(31,32)29-19-25(20-8-3-2-4-9-20)24-11-5-6-12-26(24)29/h2-6,8-9,11-16,19,22,28,30H,7,10,17-18H2,1H3/t22-,27?/m1/s1. The van der Waals surface area contributed by atoms with Crippen molar-refractivity contribution in [3.63, 3.8) is 0 Å². The number of ether oxygens (including phenoxy) is 1. The van der Waals surface area contributed by atoms with Gasteiger partial charge in [0.25, 0.3) is 10.0 Å². The Kier molecular flexibility index (Phi) is 6.04. The van der Waals surface area contributed by atoms with Gasteiger partial charge in [0.2, 0.25) is 0 Å². The van der Waals surface area contributed by atoms with Crippen LogP contribution in [0.15, 0.2) is 90.0 Å². The van der Waals surface area contributed by atoms with Crippen LogP contribution in [0.25, 0.3) is 22.0 Å². The van der Waals surface area contributed by atoms with Crippen LogP contribution >= 0.6 is 0 Å². The summed E-state index contributed by atoms with van der Waals surface area (Å²) in [7, 11) is -3.85. The number of para-hydroxylation sites is 1. The minimum Gasteiger partial charge on any atom is -0.377 e. The first-order valence-corrected chi connectivity index (χ1v) is 12.9. The fourth-order valence-corrected chi connectivity index (χ4v) is 5.85. The van der Waals surface area contributed by atoms with E-state index in [-0.39, 0.29) is 11.0 Å². The van der Waals surface area contributed by atoms with E-state index in [1.165, 1.54) is 3.97 Å². The van der Waals surface area contributed by atoms with Crippen molar-refractivity contribution in [3.05, 3.63) is 90.6 Å². The molecule has 1 aliphatic rings. The van der Waals surface area contributed by atoms with E-state index in [2.05, 4.69) is 5.32 Å². The fraction of sp³-hybridized carbons (Fsp3) is 0.259. The van der Waals surface area contributed by atoms with E-state index in [1.807, 2.05) is 54.6 Å². The molecule has 2 N–H and O–H groups in total. The Bertz CT molecular complexity index is 1390. The van der Waals surface area contributed by atoms with Crippen LogP contribution in [0.1, 0.15) is 25.3 Å². The largest absolute Gasteiger partial charge is 0.377 e. The molecule has 0 spiro atoms. The highest BCUT2D eigenvalue weighted by molar-refractivity contribution is 7.90. The molecule has 0 aliphatic carbocycles. The van der Waals surface area contributed by atoms with Gasteiger partial charge < -0.3 is 9.84 Å². The number of nitrogens with zero attached hydrogens (tertiary/aromatic N) is 1. The van der Waals surface area contributed by atoms with E-state index in [4.69, 9.17) is 4.74 Å². The second-order valence-electron chi connectivity index (χ2n) is 8.84. The minimum absolute atomic E-state index is 0.0898. The number of fused-ring (bicyclic) bond motifs is 1. The quantitative estimate of drug-likeness (QED) is 0.385. The molecule has 1 aromatic heterocycles. The number of hydrogen-bond donors (Lipinski definition) is 2. The van der Waals surface area contributed by atoms with Crippen LogP contribution < -0.4 is 5.32 Å². The maximum Gasteiger partial charge on any atom is 0.268 e. The lowest BCUT2D eigenvalue weighted by Crippen LogP contribution is -2.43. The lowest BCUT2D eigenvalue weighted by atomic mass is 10.0. The average Bonchev–Trinajstić information content (AvgIpc) is 3.52. The molecule has 0 bridgehead atoms. The van der Waals surface area contributed by atoms with Crippen molar-refractivity contribution in [1.29, 1.82) is 0 Å². The zero-order chi connectivity index (χ0) is 23.8. The summed E-state index contributed by atoms with van der Waals surface area (Å²) in [5.41, 5.74) is 1.73. The third-order valence-electron chi connectivity index (χ3n) is 6.43. The third kappa shape index (κ3) is 4.28. The molecule has 0 radical (unpaired) electrons. The molecule has 2 heterocycles. The maximum atomic E-state index is 13.6. The first-order valence-electron chi connectivity index (χ1n) is 11.5. The molecule has 1 saturated heterocycles. The second kappa shape index (κ2) is 9.00. The van der Waals surface area contributed by atoms with Gasteiger partial charge in [0.15, 0.2) is 0 Å². The first-order chi connectivity index (χ1) is 16.4. The van der Waals surface area contributed by atoms with E-state index in [9.17, 15) is 13.5 Å². The van der Waals surface area contributed by atoms with Crippen molar-refractivity contribution in [2.75, 3.05) is 13.2 Å². The molecule has 0 amide bonds. The molecular weight excluding hydrogens is 448 g/mol. The van der Waals surface area contributed by atoms with Crippen molar-refractivity contribution in [2.45, 2.75) is 36.5 Å². The molecule has 7 heteroatoms. The molecule has 6 nitrogen and oxygen atoms in total. The summed E-state index contributed by atoms with van der Waals surface area (Å²) in [6.45, 7) is 2.95. The number of rotatable bonds is 7. The Labute approximate surface area is 199 Å². The Morgan fingerprint density at radius 3 is 2.44 bits per heavy atom. The monoisotopic (exact) mass is 476 g/mol. The summed E-state index contributed by atoms with van der Waals surface area (Å²) in [4.78, 5) is 0.159. The summed E-state index contributed by atoms with van der Waals surface area (Å²) in [5, 5.41) is 14.9. The Hall–Kier alpha value is -2.97. The van der Waals surface area contributed by atoms with Crippen molar-refractivity contribution in [2.24, 2.45) is 0 Å². The van der Waals surface area contributed by atoms with E-state index in [0.29, 0.717) is 17.6 Å². The van der Waals surface area contributed by atoms with Gasteiger partial charge >= 0.3 is 0 Å². The van der Waals surface area contributed by atoms with E-state index >= 15 is 0 Å². The minimum atomic E-state index is -3.85. The van der Waals surface area contributed by atoms with Crippen molar-refractivity contribution in [1.82, 2.24) is 9.29 Å². The van der Waals surface area contributed by atoms with Crippen LogP contribution in [0.4, 0.5) is 0 Å². The van der Waals surface area contributed by atoms with Crippen LogP contribution in [0, 0.1) is 0 Å². The molecule has 0 saturated carbocycles. The van der Waals surface area contributed by atoms with Gasteiger partial charge in [0, 0.05) is 30.3 Å². The zero-order valence-corrected chi connectivity index (χ0v) is 19.8. The molecule has 34 heavy (non-hydrogen) atoms. The second-order valence-corrected chi connectivity index (χ2v) is 10.7. The molecular formula is C27H28N2O4S. The Morgan fingerprint density at radius 1 is 1.03 bits per heavy atom. The summed E-state index contributed by atoms with van der Waals surface area (Å²) in [6, 6.07) is 23.6. The summed E-state index contributed by atoms with van der Waals surface area (Å²) in [6.07, 6.45) is 3.77. The summed E-state index contributed by atoms with van der Waals surface area (Å²) < 4.78 is 34.2. The molecule has 1 fully saturated rings. The van der Waals surface area contributed by atoms with Crippen LogP contribution in [-0.4, -0.2) is 36.8 Å². The molecule has 4 aromatic rings. The Balaban J connectivity index is 1.46. The molecule has 1 unspecified atom stereocenters. The lowest BCUT2D eigenvalue weighted by Gasteiger charge is -2.27. The number of aliphatic hydroxyl groups is 1. The molecule has 3 aromatic carbocycles. The highest BCUT2D eigenvalue weighted by Gasteiger charge is 2.27. The van der Waals surface area contributed by atoms with E-state index < -0.39 is 15.7 Å². The number of hydrogen-bond acceptors (Lipinski definition) is 5. The van der Waals surface area contributed by atoms with Gasteiger partial charge in [-0.15, -0.1) is 0 Å². The van der Waals surface area contributed by atoms with Gasteiger partial charge in [-0.2, -0.15) is 0 Å². The SMILES string of the molecule is CC(O)(NC[C@H]1CCCO1)c1ccc(S(=O)(=O)n2cc(-c3ccccc3)c3ccccc32)cc1. The van der Waals surface area contributed by atoms with Gasteiger partial charge in [-0.25, -0.2) is 12.4 Å². The first kappa shape index (κ1) is 22.8. The Morgan fingerprint density at radius 2 is 1.74 bits per heavy atom. The van der Waals surface area contributed by atoms with Crippen LogP contribution in [0.3, 0.4) is 0 Å². The summed E-state index contributed by atoms with van der Waals surface area (Å²) >= 11 is 0. The van der Waals surface area contributed by atoms with Gasteiger partial charge in [0.05, 0.1) is 16.5 Å². The van der Waals surface area contributed by atoms with Gasteiger partial charge in [-0.3, -0.25) is 5.32 Å². The third-order valence-corrected chi connectivity index (χ3v) is 8.12. The number of aromatic nitrogens is 1. The summed E-state index contributed by atoms with van der Waals surface area (Å²) in [5.74, 6) is 0. The van der Waals surface area contributed by atoms with E-state index in [1.54, 1.807) is 37.4 Å². The predicted octanol–water partition coefficient (Wildman–Crippen LogP) is 4.48. The van der Waals surface area contributed by atoms with Gasteiger partial charge in [-0.1, -0.05) is 60.7 Å². The van der Waals surface area contributed by atoms with Crippen molar-refractivity contribution >= 4 is 20.9 Å². The van der Waals surface area contributed by atoms with Gasteiger partial charge in [0.1, 0.15) is 5.72 Å². The molecule has 176 valence electrons. The maximum absolute atomic E-state index is 13.6. The zero-order valence-electron chi connectivity index (χ0n) is 19.0. The van der Waals surface area contributed by atoms with Crippen molar-refractivity contribution in [3.8, 4) is 11.1 Å². The molecule has 1 aliphatic heterocycles. The fourth-order valence-electron chi connectivity index (χ4n) is 4.48. The van der Waals surface area contributed by atoms with Crippen LogP contribution in [-0.2, 0) is 20.5 Å². The predicted molar refractivity (Wildman–Crippen MR) is 133 cm³/mol. The lowest BCUT2D eigenvalue weighted by molar-refractivity contribution is 0.00238. The topological polar surface area (TPSA) is 80.6 Å². The van der Waals surface area contributed by atoms with Gasteiger partial charge in [-0.05, 0) is 49.1 Å². The van der Waals surface area contributed by atoms with Crippen molar-refractivity contribution < 1.29 is 18.3 Å². The normalized spacial score (nSPS) is 18.2. The van der Waals surface area contributed by atoms with Crippen LogP contribution in [0.5, 0.6) is 0 Å². The van der Waals surface area contributed by atoms with E-state index in [0.717, 1.165) is 36.0 Å². The molecule has 2 atom stereocenters. The number of benzene rings is 3. The smallest absolute Gasteiger partial charge is 0.268 e.